The van der Waals surface area contributed by atoms with Crippen LogP contribution in [0.15, 0.2) is 45.3 Å². The highest BCUT2D eigenvalue weighted by atomic mass is 79.9. The van der Waals surface area contributed by atoms with E-state index in [9.17, 15) is 0 Å². The van der Waals surface area contributed by atoms with Crippen molar-refractivity contribution >= 4 is 37.5 Å². The Labute approximate surface area is 143 Å². The molecular formula is C17H19Br2NO. The molecule has 0 amide bonds. The molecule has 0 heterocycles. The molecule has 0 saturated heterocycles. The smallest absolute Gasteiger partial charge is 0.124 e. The van der Waals surface area contributed by atoms with E-state index >= 15 is 0 Å². The van der Waals surface area contributed by atoms with Crippen molar-refractivity contribution in [3.05, 3.63) is 56.5 Å². The van der Waals surface area contributed by atoms with Crippen LogP contribution < -0.4 is 10.1 Å². The molecule has 0 aliphatic heterocycles. The summed E-state index contributed by atoms with van der Waals surface area (Å²) < 4.78 is 7.96. The SMILES string of the molecule is CCCOc1ccc(Br)cc1CNc1cc(C)cc(Br)c1. The second-order valence-electron chi connectivity index (χ2n) is 4.97. The van der Waals surface area contributed by atoms with E-state index in [1.54, 1.807) is 0 Å². The van der Waals surface area contributed by atoms with Crippen LogP contribution in [0.2, 0.25) is 0 Å². The van der Waals surface area contributed by atoms with Crippen molar-refractivity contribution in [2.24, 2.45) is 0 Å². The predicted octanol–water partition coefficient (Wildman–Crippen LogP) is 5.92. The van der Waals surface area contributed by atoms with Crippen molar-refractivity contribution in [3.63, 3.8) is 0 Å². The molecule has 0 unspecified atom stereocenters. The van der Waals surface area contributed by atoms with E-state index in [1.165, 1.54) is 5.56 Å². The molecule has 0 bridgehead atoms. The van der Waals surface area contributed by atoms with Gasteiger partial charge in [0.05, 0.1) is 6.61 Å². The maximum absolute atomic E-state index is 5.81. The molecule has 0 fully saturated rings. The van der Waals surface area contributed by atoms with Gasteiger partial charge in [-0.25, -0.2) is 0 Å². The number of nitrogens with one attached hydrogen (secondary N) is 1. The van der Waals surface area contributed by atoms with Gasteiger partial charge in [0.2, 0.25) is 0 Å². The van der Waals surface area contributed by atoms with Crippen LogP contribution in [0.4, 0.5) is 5.69 Å². The van der Waals surface area contributed by atoms with E-state index in [2.05, 4.69) is 75.3 Å². The van der Waals surface area contributed by atoms with Crippen LogP contribution >= 0.6 is 31.9 Å². The molecule has 0 aromatic heterocycles. The lowest BCUT2D eigenvalue weighted by Gasteiger charge is -2.13. The van der Waals surface area contributed by atoms with Gasteiger partial charge in [0.25, 0.3) is 0 Å². The molecule has 112 valence electrons. The maximum Gasteiger partial charge on any atom is 0.124 e. The van der Waals surface area contributed by atoms with Crippen molar-refractivity contribution in [3.8, 4) is 5.75 Å². The number of rotatable bonds is 6. The topological polar surface area (TPSA) is 21.3 Å². The third-order valence-corrected chi connectivity index (χ3v) is 3.96. The van der Waals surface area contributed by atoms with Crippen molar-refractivity contribution in [2.75, 3.05) is 11.9 Å². The summed E-state index contributed by atoms with van der Waals surface area (Å²) in [7, 11) is 0. The first-order valence-electron chi connectivity index (χ1n) is 7.01. The average molecular weight is 413 g/mol. The zero-order valence-electron chi connectivity index (χ0n) is 12.2. The van der Waals surface area contributed by atoms with Gasteiger partial charge in [0, 0.05) is 26.7 Å². The zero-order chi connectivity index (χ0) is 15.2. The molecule has 0 saturated carbocycles. The molecule has 2 nitrogen and oxygen atoms in total. The van der Waals surface area contributed by atoms with E-state index < -0.39 is 0 Å². The quantitative estimate of drug-likeness (QED) is 0.635. The van der Waals surface area contributed by atoms with Gasteiger partial charge in [0.1, 0.15) is 5.75 Å². The average Bonchev–Trinajstić information content (AvgIpc) is 2.43. The van der Waals surface area contributed by atoms with Crippen LogP contribution in [0.3, 0.4) is 0 Å². The maximum atomic E-state index is 5.81. The van der Waals surface area contributed by atoms with E-state index in [-0.39, 0.29) is 0 Å². The number of benzene rings is 2. The fraction of sp³-hybridized carbons (Fsp3) is 0.294. The van der Waals surface area contributed by atoms with Gasteiger partial charge in [-0.15, -0.1) is 0 Å². The molecule has 0 spiro atoms. The van der Waals surface area contributed by atoms with E-state index in [4.69, 9.17) is 4.74 Å². The Kier molecular flexibility index (Phi) is 6.12. The summed E-state index contributed by atoms with van der Waals surface area (Å²) in [6.45, 7) is 5.67. The zero-order valence-corrected chi connectivity index (χ0v) is 15.4. The third-order valence-electron chi connectivity index (χ3n) is 3.01. The first-order valence-corrected chi connectivity index (χ1v) is 8.59. The second kappa shape index (κ2) is 7.85. The van der Waals surface area contributed by atoms with Crippen LogP contribution in [0.25, 0.3) is 0 Å². The Hall–Kier alpha value is -1.00. The molecule has 2 aromatic rings. The minimum absolute atomic E-state index is 0.731. The second-order valence-corrected chi connectivity index (χ2v) is 6.80. The van der Waals surface area contributed by atoms with Crippen LogP contribution in [0, 0.1) is 6.92 Å². The van der Waals surface area contributed by atoms with Gasteiger partial charge in [-0.1, -0.05) is 38.8 Å². The van der Waals surface area contributed by atoms with Crippen LogP contribution in [0.5, 0.6) is 5.75 Å². The molecule has 4 heteroatoms. The van der Waals surface area contributed by atoms with Crippen LogP contribution in [-0.4, -0.2) is 6.61 Å². The van der Waals surface area contributed by atoms with Gasteiger partial charge >= 0.3 is 0 Å². The predicted molar refractivity (Wildman–Crippen MR) is 96.1 cm³/mol. The number of anilines is 1. The van der Waals surface area contributed by atoms with E-state index in [0.29, 0.717) is 0 Å². The largest absolute Gasteiger partial charge is 0.493 e. The molecule has 0 aliphatic carbocycles. The summed E-state index contributed by atoms with van der Waals surface area (Å²) >= 11 is 7.05. The minimum Gasteiger partial charge on any atom is -0.493 e. The number of hydrogen-bond acceptors (Lipinski definition) is 2. The summed E-state index contributed by atoms with van der Waals surface area (Å²) in [5, 5.41) is 3.46. The summed E-state index contributed by atoms with van der Waals surface area (Å²) in [6.07, 6.45) is 1.01. The Morgan fingerprint density at radius 2 is 1.86 bits per heavy atom. The highest BCUT2D eigenvalue weighted by molar-refractivity contribution is 9.10. The van der Waals surface area contributed by atoms with Crippen molar-refractivity contribution in [1.82, 2.24) is 0 Å². The first kappa shape index (κ1) is 16.4. The minimum atomic E-state index is 0.731. The number of aryl methyl sites for hydroxylation is 1. The highest BCUT2D eigenvalue weighted by Crippen LogP contribution is 2.25. The first-order chi connectivity index (χ1) is 10.1. The molecule has 0 atom stereocenters. The van der Waals surface area contributed by atoms with Gasteiger partial charge < -0.3 is 10.1 Å². The molecule has 2 rings (SSSR count). The van der Waals surface area contributed by atoms with Gasteiger partial charge in [-0.3, -0.25) is 0 Å². The lowest BCUT2D eigenvalue weighted by molar-refractivity contribution is 0.314. The van der Waals surface area contributed by atoms with Crippen LogP contribution in [-0.2, 0) is 6.54 Å². The standard InChI is InChI=1S/C17H19Br2NO/c1-3-6-21-17-5-4-14(18)9-13(17)11-20-16-8-12(2)7-15(19)10-16/h4-5,7-10,20H,3,6,11H2,1-2H3. The number of halogens is 2. The Bertz CT molecular complexity index is 593. The molecule has 1 N–H and O–H groups in total. The van der Waals surface area contributed by atoms with Crippen molar-refractivity contribution in [2.45, 2.75) is 26.8 Å². The van der Waals surface area contributed by atoms with Gasteiger partial charge in [0.15, 0.2) is 0 Å². The van der Waals surface area contributed by atoms with Gasteiger partial charge in [-0.2, -0.15) is 0 Å². The summed E-state index contributed by atoms with van der Waals surface area (Å²) in [4.78, 5) is 0. The third kappa shape index (κ3) is 5.04. The van der Waals surface area contributed by atoms with E-state index in [0.717, 1.165) is 45.5 Å². The molecule has 21 heavy (non-hydrogen) atoms. The Balaban J connectivity index is 2.12. The number of hydrogen-bond donors (Lipinski definition) is 1. The lowest BCUT2D eigenvalue weighted by Crippen LogP contribution is -2.04. The number of ether oxygens (including phenoxy) is 1. The summed E-state index contributed by atoms with van der Waals surface area (Å²) in [5.41, 5.74) is 3.47. The highest BCUT2D eigenvalue weighted by Gasteiger charge is 2.05. The van der Waals surface area contributed by atoms with Crippen molar-refractivity contribution < 1.29 is 4.74 Å². The summed E-state index contributed by atoms with van der Waals surface area (Å²) in [6, 6.07) is 12.4. The Morgan fingerprint density at radius 1 is 1.05 bits per heavy atom. The monoisotopic (exact) mass is 411 g/mol. The Morgan fingerprint density at radius 3 is 2.57 bits per heavy atom. The molecular weight excluding hydrogens is 394 g/mol. The fourth-order valence-electron chi connectivity index (χ4n) is 2.07. The lowest BCUT2D eigenvalue weighted by atomic mass is 10.2. The molecule has 2 aromatic carbocycles. The molecule has 0 aliphatic rings. The van der Waals surface area contributed by atoms with E-state index in [1.807, 2.05) is 12.1 Å². The van der Waals surface area contributed by atoms with Crippen LogP contribution in [0.1, 0.15) is 24.5 Å². The molecule has 0 radical (unpaired) electrons. The fourth-order valence-corrected chi connectivity index (χ4v) is 3.09. The van der Waals surface area contributed by atoms with Crippen molar-refractivity contribution in [1.29, 1.82) is 0 Å². The van der Waals surface area contributed by atoms with Gasteiger partial charge in [-0.05, 0) is 55.3 Å². The normalized spacial score (nSPS) is 10.5. The summed E-state index contributed by atoms with van der Waals surface area (Å²) in [5.74, 6) is 0.944.